The molecule has 1 aromatic carbocycles. The van der Waals surface area contributed by atoms with Gasteiger partial charge in [0.15, 0.2) is 0 Å². The lowest BCUT2D eigenvalue weighted by atomic mass is 10.1. The summed E-state index contributed by atoms with van der Waals surface area (Å²) < 4.78 is 2.14. The van der Waals surface area contributed by atoms with Gasteiger partial charge in [0.05, 0.1) is 11.4 Å². The van der Waals surface area contributed by atoms with E-state index < -0.39 is 0 Å². The Labute approximate surface area is 138 Å². The summed E-state index contributed by atoms with van der Waals surface area (Å²) in [5.41, 5.74) is 6.47. The van der Waals surface area contributed by atoms with Gasteiger partial charge in [-0.05, 0) is 63.4 Å². The Morgan fingerprint density at radius 2 is 1.96 bits per heavy atom. The molecule has 4 nitrogen and oxygen atoms in total. The van der Waals surface area contributed by atoms with Crippen molar-refractivity contribution < 1.29 is 0 Å². The second-order valence-electron chi connectivity index (χ2n) is 6.99. The average molecular weight is 310 g/mol. The molecular formula is C19H26N4. The predicted octanol–water partition coefficient (Wildman–Crippen LogP) is 3.44. The van der Waals surface area contributed by atoms with E-state index in [1.165, 1.54) is 66.2 Å². The van der Waals surface area contributed by atoms with Crippen molar-refractivity contribution in [3.63, 3.8) is 0 Å². The Morgan fingerprint density at radius 3 is 2.78 bits per heavy atom. The average Bonchev–Trinajstić information content (AvgIpc) is 3.15. The summed E-state index contributed by atoms with van der Waals surface area (Å²) in [5, 5.41) is 8.56. The first-order valence-corrected chi connectivity index (χ1v) is 8.87. The molecule has 2 aliphatic heterocycles. The van der Waals surface area contributed by atoms with Crippen LogP contribution in [0.15, 0.2) is 18.2 Å². The molecule has 2 aliphatic rings. The first-order chi connectivity index (χ1) is 11.2. The van der Waals surface area contributed by atoms with Crippen LogP contribution in [0.1, 0.15) is 41.6 Å². The lowest BCUT2D eigenvalue weighted by molar-refractivity contribution is 0.217. The molecule has 0 bridgehead atoms. The maximum atomic E-state index is 5.01. The molecular weight excluding hydrogens is 284 g/mol. The van der Waals surface area contributed by atoms with Crippen molar-refractivity contribution in [1.29, 1.82) is 0 Å². The molecule has 0 spiro atoms. The number of fused-ring (bicyclic) bond motifs is 1. The fourth-order valence-corrected chi connectivity index (χ4v) is 3.82. The summed E-state index contributed by atoms with van der Waals surface area (Å²) in [6.07, 6.45) is 5.15. The van der Waals surface area contributed by atoms with Crippen LogP contribution in [0.3, 0.4) is 0 Å². The van der Waals surface area contributed by atoms with Crippen LogP contribution >= 0.6 is 0 Å². The van der Waals surface area contributed by atoms with Crippen LogP contribution in [0.25, 0.3) is 5.69 Å². The van der Waals surface area contributed by atoms with Gasteiger partial charge in [0.2, 0.25) is 0 Å². The molecule has 0 aliphatic carbocycles. The van der Waals surface area contributed by atoms with Gasteiger partial charge >= 0.3 is 0 Å². The van der Waals surface area contributed by atoms with Crippen molar-refractivity contribution in [2.75, 3.05) is 25.0 Å². The third kappa shape index (κ3) is 2.76. The number of rotatable bonds is 3. The molecule has 0 atom stereocenters. The number of likely N-dealkylation sites (tertiary alicyclic amines) is 1. The number of anilines is 1. The molecule has 0 amide bonds. The van der Waals surface area contributed by atoms with Gasteiger partial charge in [0.1, 0.15) is 5.82 Å². The zero-order valence-corrected chi connectivity index (χ0v) is 14.2. The van der Waals surface area contributed by atoms with E-state index >= 15 is 0 Å². The SMILES string of the molecule is Cc1ccc(C)c(-n2nc(CN3CCCCC3)c3c2NCC3)c1. The van der Waals surface area contributed by atoms with Crippen molar-refractivity contribution in [2.45, 2.75) is 46.1 Å². The fourth-order valence-electron chi connectivity index (χ4n) is 3.82. The summed E-state index contributed by atoms with van der Waals surface area (Å²) in [7, 11) is 0. The summed E-state index contributed by atoms with van der Waals surface area (Å²) >= 11 is 0. The summed E-state index contributed by atoms with van der Waals surface area (Å²) in [6.45, 7) is 8.79. The van der Waals surface area contributed by atoms with E-state index in [0.717, 1.165) is 19.5 Å². The van der Waals surface area contributed by atoms with E-state index in [1.807, 2.05) is 0 Å². The first-order valence-electron chi connectivity index (χ1n) is 8.87. The second-order valence-corrected chi connectivity index (χ2v) is 6.99. The molecule has 4 heteroatoms. The zero-order valence-electron chi connectivity index (χ0n) is 14.2. The van der Waals surface area contributed by atoms with Crippen LogP contribution in [0, 0.1) is 13.8 Å². The Kier molecular flexibility index (Phi) is 3.85. The van der Waals surface area contributed by atoms with Crippen LogP contribution in [-0.2, 0) is 13.0 Å². The predicted molar refractivity (Wildman–Crippen MR) is 94.4 cm³/mol. The molecule has 23 heavy (non-hydrogen) atoms. The standard InChI is InChI=1S/C19H26N4/c1-14-6-7-15(2)18(12-14)23-19-16(8-9-20-19)17(21-23)13-22-10-4-3-5-11-22/h6-7,12,20H,3-5,8-11,13H2,1-2H3. The summed E-state index contributed by atoms with van der Waals surface area (Å²) in [6, 6.07) is 6.61. The molecule has 0 unspecified atom stereocenters. The third-order valence-electron chi connectivity index (χ3n) is 5.15. The van der Waals surface area contributed by atoms with Gasteiger partial charge in [0, 0.05) is 18.7 Å². The van der Waals surface area contributed by atoms with Crippen LogP contribution in [-0.4, -0.2) is 34.3 Å². The van der Waals surface area contributed by atoms with E-state index in [1.54, 1.807) is 0 Å². The van der Waals surface area contributed by atoms with E-state index in [0.29, 0.717) is 0 Å². The topological polar surface area (TPSA) is 33.1 Å². The van der Waals surface area contributed by atoms with Crippen molar-refractivity contribution in [3.8, 4) is 5.69 Å². The Balaban J connectivity index is 1.71. The third-order valence-corrected chi connectivity index (χ3v) is 5.15. The number of piperidine rings is 1. The first kappa shape index (κ1) is 14.8. The number of aromatic nitrogens is 2. The highest BCUT2D eigenvalue weighted by Gasteiger charge is 2.25. The van der Waals surface area contributed by atoms with E-state index in [9.17, 15) is 0 Å². The highest BCUT2D eigenvalue weighted by atomic mass is 15.4. The largest absolute Gasteiger partial charge is 0.369 e. The highest BCUT2D eigenvalue weighted by molar-refractivity contribution is 5.58. The Bertz CT molecular complexity index is 710. The maximum absolute atomic E-state index is 5.01. The van der Waals surface area contributed by atoms with E-state index in [2.05, 4.69) is 46.9 Å². The molecule has 0 saturated carbocycles. The number of hydrogen-bond acceptors (Lipinski definition) is 3. The quantitative estimate of drug-likeness (QED) is 0.942. The van der Waals surface area contributed by atoms with Crippen molar-refractivity contribution in [1.82, 2.24) is 14.7 Å². The van der Waals surface area contributed by atoms with E-state index in [-0.39, 0.29) is 0 Å². The number of nitrogens with zero attached hydrogens (tertiary/aromatic N) is 3. The van der Waals surface area contributed by atoms with Gasteiger partial charge in [-0.15, -0.1) is 0 Å². The Morgan fingerprint density at radius 1 is 1.13 bits per heavy atom. The van der Waals surface area contributed by atoms with Crippen molar-refractivity contribution >= 4 is 5.82 Å². The lowest BCUT2D eigenvalue weighted by Gasteiger charge is -2.25. The van der Waals surface area contributed by atoms with Gasteiger partial charge < -0.3 is 5.32 Å². The van der Waals surface area contributed by atoms with Crippen molar-refractivity contribution in [2.24, 2.45) is 0 Å². The summed E-state index contributed by atoms with van der Waals surface area (Å²) in [4.78, 5) is 2.57. The molecule has 2 aromatic rings. The summed E-state index contributed by atoms with van der Waals surface area (Å²) in [5.74, 6) is 1.21. The molecule has 1 saturated heterocycles. The van der Waals surface area contributed by atoms with E-state index in [4.69, 9.17) is 5.10 Å². The molecule has 4 rings (SSSR count). The minimum Gasteiger partial charge on any atom is -0.369 e. The Hall–Kier alpha value is -1.81. The van der Waals surface area contributed by atoms with Gasteiger partial charge in [0.25, 0.3) is 0 Å². The smallest absolute Gasteiger partial charge is 0.133 e. The van der Waals surface area contributed by atoms with Gasteiger partial charge in [-0.3, -0.25) is 4.90 Å². The van der Waals surface area contributed by atoms with Gasteiger partial charge in [-0.2, -0.15) is 5.10 Å². The second kappa shape index (κ2) is 6.00. The highest BCUT2D eigenvalue weighted by Crippen LogP contribution is 2.31. The van der Waals surface area contributed by atoms with Crippen LogP contribution < -0.4 is 5.32 Å². The zero-order chi connectivity index (χ0) is 15.8. The maximum Gasteiger partial charge on any atom is 0.133 e. The minimum absolute atomic E-state index is 1.00. The molecule has 1 N–H and O–H groups in total. The van der Waals surface area contributed by atoms with Crippen molar-refractivity contribution in [3.05, 3.63) is 40.6 Å². The normalized spacial score (nSPS) is 18.0. The number of aryl methyl sites for hydroxylation is 2. The molecule has 1 aromatic heterocycles. The molecule has 1 fully saturated rings. The van der Waals surface area contributed by atoms with Gasteiger partial charge in [-0.1, -0.05) is 18.6 Å². The minimum atomic E-state index is 1.00. The monoisotopic (exact) mass is 310 g/mol. The van der Waals surface area contributed by atoms with Gasteiger partial charge in [-0.25, -0.2) is 4.68 Å². The van der Waals surface area contributed by atoms with Crippen LogP contribution in [0.2, 0.25) is 0 Å². The molecule has 122 valence electrons. The number of hydrogen-bond donors (Lipinski definition) is 1. The lowest BCUT2D eigenvalue weighted by Crippen LogP contribution is -2.29. The fraction of sp³-hybridized carbons (Fsp3) is 0.526. The van der Waals surface area contributed by atoms with Crippen LogP contribution in [0.5, 0.6) is 0 Å². The molecule has 0 radical (unpaired) electrons. The number of nitrogens with one attached hydrogen (secondary N) is 1. The molecule has 3 heterocycles. The van der Waals surface area contributed by atoms with Crippen LogP contribution in [0.4, 0.5) is 5.82 Å². The number of benzene rings is 1.